The van der Waals surface area contributed by atoms with E-state index in [9.17, 15) is 0 Å². The van der Waals surface area contributed by atoms with Gasteiger partial charge in [-0.1, -0.05) is 18.0 Å². The third-order valence-corrected chi connectivity index (χ3v) is 3.98. The monoisotopic (exact) mass is 331 g/mol. The summed E-state index contributed by atoms with van der Waals surface area (Å²) in [6.07, 6.45) is 5.70. The molecular formula is C13H19BrClN3. The molecule has 1 aliphatic heterocycles. The van der Waals surface area contributed by atoms with Crippen LogP contribution in [0.5, 0.6) is 0 Å². The average molecular weight is 333 g/mol. The molecule has 1 aromatic heterocycles. The van der Waals surface area contributed by atoms with Gasteiger partial charge in [-0.2, -0.15) is 0 Å². The molecule has 3 nitrogen and oxygen atoms in total. The molecule has 1 aromatic rings. The van der Waals surface area contributed by atoms with E-state index in [2.05, 4.69) is 38.1 Å². The van der Waals surface area contributed by atoms with Crippen molar-refractivity contribution in [3.8, 4) is 0 Å². The molecule has 0 saturated carbocycles. The maximum atomic E-state index is 5.88. The number of pyridine rings is 1. The Morgan fingerprint density at radius 2 is 2.17 bits per heavy atom. The van der Waals surface area contributed by atoms with Crippen LogP contribution < -0.4 is 5.32 Å². The Kier molecular flexibility index (Phi) is 5.27. The SMILES string of the molecule is CC(CN1CCCCC1)Nc1ncc(Cl)cc1Br. The van der Waals surface area contributed by atoms with Crippen LogP contribution in [0, 0.1) is 0 Å². The molecule has 0 radical (unpaired) electrons. The van der Waals surface area contributed by atoms with E-state index >= 15 is 0 Å². The van der Waals surface area contributed by atoms with Crippen molar-refractivity contribution in [3.05, 3.63) is 21.8 Å². The van der Waals surface area contributed by atoms with E-state index in [4.69, 9.17) is 11.6 Å². The third kappa shape index (κ3) is 4.11. The van der Waals surface area contributed by atoms with Gasteiger partial charge in [0.25, 0.3) is 0 Å². The van der Waals surface area contributed by atoms with E-state index in [1.165, 1.54) is 32.4 Å². The molecule has 1 unspecified atom stereocenters. The molecule has 100 valence electrons. The number of likely N-dealkylation sites (tertiary alicyclic amines) is 1. The molecule has 0 amide bonds. The van der Waals surface area contributed by atoms with E-state index < -0.39 is 0 Å². The highest BCUT2D eigenvalue weighted by Crippen LogP contribution is 2.23. The topological polar surface area (TPSA) is 28.2 Å². The van der Waals surface area contributed by atoms with Crippen LogP contribution in [0.1, 0.15) is 26.2 Å². The molecular weight excluding hydrogens is 314 g/mol. The van der Waals surface area contributed by atoms with Crippen LogP contribution in [-0.4, -0.2) is 35.6 Å². The predicted molar refractivity (Wildman–Crippen MR) is 80.3 cm³/mol. The Morgan fingerprint density at radius 1 is 1.44 bits per heavy atom. The number of piperidine rings is 1. The maximum absolute atomic E-state index is 5.88. The van der Waals surface area contributed by atoms with Crippen LogP contribution in [0.4, 0.5) is 5.82 Å². The molecule has 0 aromatic carbocycles. The van der Waals surface area contributed by atoms with Crippen molar-refractivity contribution in [1.29, 1.82) is 0 Å². The normalized spacial score (nSPS) is 18.6. The predicted octanol–water partition coefficient (Wildman–Crippen LogP) is 3.78. The molecule has 2 heterocycles. The van der Waals surface area contributed by atoms with Gasteiger partial charge < -0.3 is 10.2 Å². The summed E-state index contributed by atoms with van der Waals surface area (Å²) in [5.41, 5.74) is 0. The highest BCUT2D eigenvalue weighted by atomic mass is 79.9. The summed E-state index contributed by atoms with van der Waals surface area (Å²) in [7, 11) is 0. The van der Waals surface area contributed by atoms with Gasteiger partial charge in [0.1, 0.15) is 5.82 Å². The fraction of sp³-hybridized carbons (Fsp3) is 0.615. The van der Waals surface area contributed by atoms with Gasteiger partial charge in [-0.25, -0.2) is 4.98 Å². The van der Waals surface area contributed by atoms with Gasteiger partial charge in [-0.05, 0) is 54.9 Å². The van der Waals surface area contributed by atoms with Crippen LogP contribution in [0.2, 0.25) is 5.02 Å². The van der Waals surface area contributed by atoms with Crippen LogP contribution in [0.25, 0.3) is 0 Å². The van der Waals surface area contributed by atoms with Crippen molar-refractivity contribution in [2.45, 2.75) is 32.2 Å². The second-order valence-electron chi connectivity index (χ2n) is 4.89. The van der Waals surface area contributed by atoms with Gasteiger partial charge in [0.15, 0.2) is 0 Å². The molecule has 1 fully saturated rings. The summed E-state index contributed by atoms with van der Waals surface area (Å²) in [6, 6.07) is 2.25. The zero-order chi connectivity index (χ0) is 13.0. The highest BCUT2D eigenvalue weighted by Gasteiger charge is 2.14. The van der Waals surface area contributed by atoms with Gasteiger partial charge in [0.05, 0.1) is 9.50 Å². The minimum atomic E-state index is 0.382. The Hall–Kier alpha value is -0.320. The summed E-state index contributed by atoms with van der Waals surface area (Å²) >= 11 is 9.36. The van der Waals surface area contributed by atoms with Crippen LogP contribution in [0.3, 0.4) is 0 Å². The second-order valence-corrected chi connectivity index (χ2v) is 6.18. The molecule has 0 spiro atoms. The van der Waals surface area contributed by atoms with Gasteiger partial charge >= 0.3 is 0 Å². The number of rotatable bonds is 4. The molecule has 18 heavy (non-hydrogen) atoms. The summed E-state index contributed by atoms with van der Waals surface area (Å²) in [4.78, 5) is 6.82. The molecule has 5 heteroatoms. The molecule has 2 rings (SSSR count). The van der Waals surface area contributed by atoms with E-state index in [1.807, 2.05) is 6.07 Å². The largest absolute Gasteiger partial charge is 0.365 e. The highest BCUT2D eigenvalue weighted by molar-refractivity contribution is 9.10. The van der Waals surface area contributed by atoms with Crippen molar-refractivity contribution < 1.29 is 0 Å². The van der Waals surface area contributed by atoms with Crippen molar-refractivity contribution >= 4 is 33.3 Å². The van der Waals surface area contributed by atoms with Crippen molar-refractivity contribution in [1.82, 2.24) is 9.88 Å². The number of hydrogen-bond acceptors (Lipinski definition) is 3. The fourth-order valence-corrected chi connectivity index (χ4v) is 3.08. The molecule has 1 saturated heterocycles. The van der Waals surface area contributed by atoms with Crippen molar-refractivity contribution in [2.75, 3.05) is 25.0 Å². The first-order valence-electron chi connectivity index (χ1n) is 6.45. The smallest absolute Gasteiger partial charge is 0.140 e. The van der Waals surface area contributed by atoms with Gasteiger partial charge in [-0.15, -0.1) is 0 Å². The lowest BCUT2D eigenvalue weighted by molar-refractivity contribution is 0.223. The van der Waals surface area contributed by atoms with E-state index in [1.54, 1.807) is 6.20 Å². The Balaban J connectivity index is 1.87. The quantitative estimate of drug-likeness (QED) is 0.909. The lowest BCUT2D eigenvalue weighted by Gasteiger charge is -2.29. The molecule has 1 aliphatic rings. The molecule has 0 bridgehead atoms. The first-order valence-corrected chi connectivity index (χ1v) is 7.62. The van der Waals surface area contributed by atoms with E-state index in [0.717, 1.165) is 16.8 Å². The van der Waals surface area contributed by atoms with E-state index in [-0.39, 0.29) is 0 Å². The summed E-state index contributed by atoms with van der Waals surface area (Å²) in [5.74, 6) is 0.865. The lowest BCUT2D eigenvalue weighted by atomic mass is 10.1. The number of hydrogen-bond donors (Lipinski definition) is 1. The molecule has 1 N–H and O–H groups in total. The average Bonchev–Trinajstić information content (AvgIpc) is 2.34. The Labute approximate surface area is 122 Å². The number of anilines is 1. The molecule has 0 aliphatic carbocycles. The first kappa shape index (κ1) is 14.1. The van der Waals surface area contributed by atoms with Crippen LogP contribution >= 0.6 is 27.5 Å². The standard InChI is InChI=1S/C13H19BrClN3/c1-10(9-18-5-3-2-4-6-18)17-13-12(14)7-11(15)8-16-13/h7-8,10H,2-6,9H2,1H3,(H,16,17). The summed E-state index contributed by atoms with van der Waals surface area (Å²) in [6.45, 7) is 5.70. The van der Waals surface area contributed by atoms with Crippen molar-refractivity contribution in [2.24, 2.45) is 0 Å². The van der Waals surface area contributed by atoms with Crippen LogP contribution in [0.15, 0.2) is 16.7 Å². The van der Waals surface area contributed by atoms with Crippen LogP contribution in [-0.2, 0) is 0 Å². The number of nitrogens with one attached hydrogen (secondary N) is 1. The lowest BCUT2D eigenvalue weighted by Crippen LogP contribution is -2.38. The third-order valence-electron chi connectivity index (χ3n) is 3.17. The van der Waals surface area contributed by atoms with Gasteiger partial charge in [-0.3, -0.25) is 0 Å². The second kappa shape index (κ2) is 6.73. The van der Waals surface area contributed by atoms with Crippen molar-refractivity contribution in [3.63, 3.8) is 0 Å². The Bertz CT molecular complexity index is 394. The zero-order valence-electron chi connectivity index (χ0n) is 10.6. The molecule has 1 atom stereocenters. The Morgan fingerprint density at radius 3 is 2.83 bits per heavy atom. The fourth-order valence-electron chi connectivity index (χ4n) is 2.33. The summed E-state index contributed by atoms with van der Waals surface area (Å²) < 4.78 is 0.917. The summed E-state index contributed by atoms with van der Waals surface area (Å²) in [5, 5.41) is 4.08. The number of nitrogens with zero attached hydrogens (tertiary/aromatic N) is 2. The first-order chi connectivity index (χ1) is 8.65. The van der Waals surface area contributed by atoms with Gasteiger partial charge in [0.2, 0.25) is 0 Å². The number of halogens is 2. The maximum Gasteiger partial charge on any atom is 0.140 e. The van der Waals surface area contributed by atoms with Gasteiger partial charge in [0, 0.05) is 18.8 Å². The van der Waals surface area contributed by atoms with E-state index in [0.29, 0.717) is 11.1 Å². The number of aromatic nitrogens is 1. The zero-order valence-corrected chi connectivity index (χ0v) is 13.0. The minimum Gasteiger partial charge on any atom is -0.365 e. The minimum absolute atomic E-state index is 0.382.